The van der Waals surface area contributed by atoms with Gasteiger partial charge in [0.15, 0.2) is 0 Å². The molecule has 1 aliphatic heterocycles. The first-order chi connectivity index (χ1) is 10.8. The van der Waals surface area contributed by atoms with E-state index in [4.69, 9.17) is 0 Å². The lowest BCUT2D eigenvalue weighted by molar-refractivity contribution is 0.277. The third-order valence-corrected chi connectivity index (χ3v) is 4.26. The highest BCUT2D eigenvalue weighted by atomic mass is 19.1. The van der Waals surface area contributed by atoms with Crippen molar-refractivity contribution in [3.63, 3.8) is 0 Å². The Morgan fingerprint density at radius 1 is 1.05 bits per heavy atom. The number of hydrogen-bond donors (Lipinski definition) is 0. The summed E-state index contributed by atoms with van der Waals surface area (Å²) in [6.45, 7) is 1.52. The molecule has 22 heavy (non-hydrogen) atoms. The first-order valence-corrected chi connectivity index (χ1v) is 7.58. The van der Waals surface area contributed by atoms with E-state index >= 15 is 0 Å². The molecule has 0 saturated carbocycles. The first-order valence-electron chi connectivity index (χ1n) is 7.58. The van der Waals surface area contributed by atoms with Crippen LogP contribution in [0.15, 0.2) is 49.1 Å². The van der Waals surface area contributed by atoms with E-state index in [-0.39, 0.29) is 0 Å². The molecule has 0 aromatic carbocycles. The Bertz CT molecular complexity index is 773. The zero-order chi connectivity index (χ0) is 14.9. The van der Waals surface area contributed by atoms with Crippen LogP contribution in [0.3, 0.4) is 0 Å². The van der Waals surface area contributed by atoms with Crippen LogP contribution in [0.4, 0.5) is 10.1 Å². The van der Waals surface area contributed by atoms with Crippen molar-refractivity contribution in [3.8, 4) is 5.82 Å². The van der Waals surface area contributed by atoms with Gasteiger partial charge in [-0.3, -0.25) is 9.55 Å². The largest absolute Gasteiger partial charge is 0.370 e. The van der Waals surface area contributed by atoms with E-state index in [0.29, 0.717) is 12.8 Å². The van der Waals surface area contributed by atoms with Crippen molar-refractivity contribution in [2.75, 3.05) is 18.0 Å². The normalized spacial score (nSPS) is 16.3. The molecule has 5 heteroatoms. The molecule has 1 saturated heterocycles. The van der Waals surface area contributed by atoms with Crippen LogP contribution in [0, 0.1) is 0 Å². The Morgan fingerprint density at radius 3 is 2.68 bits per heavy atom. The van der Waals surface area contributed by atoms with E-state index in [1.807, 2.05) is 35.3 Å². The lowest BCUT2D eigenvalue weighted by Crippen LogP contribution is -2.34. The lowest BCUT2D eigenvalue weighted by Gasteiger charge is -2.30. The van der Waals surface area contributed by atoms with Crippen LogP contribution in [0.2, 0.25) is 0 Å². The fourth-order valence-corrected chi connectivity index (χ4v) is 2.99. The highest BCUT2D eigenvalue weighted by Gasteiger charge is 2.18. The molecule has 112 valence electrons. The zero-order valence-electron chi connectivity index (χ0n) is 12.2. The Hall–Kier alpha value is -2.43. The second-order valence-corrected chi connectivity index (χ2v) is 5.66. The van der Waals surface area contributed by atoms with Crippen LogP contribution >= 0.6 is 0 Å². The van der Waals surface area contributed by atoms with Gasteiger partial charge in [0.1, 0.15) is 12.0 Å². The number of pyridine rings is 2. The summed E-state index contributed by atoms with van der Waals surface area (Å²) >= 11 is 0. The predicted molar refractivity (Wildman–Crippen MR) is 85.2 cm³/mol. The quantitative estimate of drug-likeness (QED) is 0.727. The summed E-state index contributed by atoms with van der Waals surface area (Å²) in [5.41, 5.74) is 2.10. The number of alkyl halides is 1. The van der Waals surface area contributed by atoms with Crippen molar-refractivity contribution < 1.29 is 4.39 Å². The summed E-state index contributed by atoms with van der Waals surface area (Å²) in [6.07, 6.45) is 8.07. The summed E-state index contributed by atoms with van der Waals surface area (Å²) in [6, 6.07) is 8.10. The van der Waals surface area contributed by atoms with Crippen molar-refractivity contribution in [2.24, 2.45) is 0 Å². The Labute approximate surface area is 128 Å². The second kappa shape index (κ2) is 5.40. The number of halogens is 1. The van der Waals surface area contributed by atoms with Gasteiger partial charge in [0.05, 0.1) is 23.6 Å². The van der Waals surface area contributed by atoms with Crippen molar-refractivity contribution in [1.29, 1.82) is 0 Å². The minimum atomic E-state index is -0.651. The molecule has 0 bridgehead atoms. The smallest absolute Gasteiger partial charge is 0.137 e. The molecule has 0 amide bonds. The molecule has 1 fully saturated rings. The molecule has 0 spiro atoms. The maximum atomic E-state index is 13.2. The van der Waals surface area contributed by atoms with Gasteiger partial charge in [-0.1, -0.05) is 0 Å². The van der Waals surface area contributed by atoms with Gasteiger partial charge in [-0.25, -0.2) is 9.37 Å². The average molecular weight is 296 g/mol. The van der Waals surface area contributed by atoms with Gasteiger partial charge >= 0.3 is 0 Å². The molecule has 0 N–H and O–H groups in total. The number of rotatable bonds is 2. The summed E-state index contributed by atoms with van der Waals surface area (Å²) in [7, 11) is 0. The molecule has 0 radical (unpaired) electrons. The van der Waals surface area contributed by atoms with E-state index in [0.717, 1.165) is 35.5 Å². The van der Waals surface area contributed by atoms with Gasteiger partial charge in [-0.2, -0.15) is 0 Å². The molecule has 4 heterocycles. The number of fused-ring (bicyclic) bond motifs is 1. The van der Waals surface area contributed by atoms with Gasteiger partial charge in [0, 0.05) is 30.9 Å². The molecule has 0 aliphatic carbocycles. The highest BCUT2D eigenvalue weighted by Crippen LogP contribution is 2.23. The molecular formula is C17H17FN4. The topological polar surface area (TPSA) is 34.0 Å². The van der Waals surface area contributed by atoms with Gasteiger partial charge in [-0.05, 0) is 37.1 Å². The molecule has 0 atom stereocenters. The van der Waals surface area contributed by atoms with Crippen molar-refractivity contribution in [2.45, 2.75) is 19.0 Å². The molecule has 4 rings (SSSR count). The molecule has 4 nitrogen and oxygen atoms in total. The third-order valence-electron chi connectivity index (χ3n) is 4.26. The number of aromatic nitrogens is 3. The van der Waals surface area contributed by atoms with Crippen molar-refractivity contribution in [3.05, 3.63) is 49.1 Å². The van der Waals surface area contributed by atoms with Gasteiger partial charge in [0.25, 0.3) is 0 Å². The van der Waals surface area contributed by atoms with Crippen LogP contribution < -0.4 is 4.90 Å². The molecule has 3 aromatic heterocycles. The Kier molecular flexibility index (Phi) is 3.25. The molecule has 0 unspecified atom stereocenters. The standard InChI is InChI=1S/C17H17FN4/c18-14-5-8-21(9-6-14)15-1-2-17(20-11-15)22-10-4-13-3-7-19-12-16(13)22/h1-4,7,10-12,14H,5-6,8-9H2. The van der Waals surface area contributed by atoms with E-state index in [9.17, 15) is 4.39 Å². The van der Waals surface area contributed by atoms with Gasteiger partial charge in [-0.15, -0.1) is 0 Å². The van der Waals surface area contributed by atoms with E-state index in [2.05, 4.69) is 27.0 Å². The average Bonchev–Trinajstić information content (AvgIpc) is 3.00. The predicted octanol–water partition coefficient (Wildman–Crippen LogP) is 3.36. The van der Waals surface area contributed by atoms with Crippen LogP contribution in [0.1, 0.15) is 12.8 Å². The second-order valence-electron chi connectivity index (χ2n) is 5.66. The van der Waals surface area contributed by atoms with E-state index < -0.39 is 6.17 Å². The Morgan fingerprint density at radius 2 is 1.91 bits per heavy atom. The fraction of sp³-hybridized carbons (Fsp3) is 0.294. The van der Waals surface area contributed by atoms with Crippen molar-refractivity contribution in [1.82, 2.24) is 14.5 Å². The highest BCUT2D eigenvalue weighted by molar-refractivity contribution is 5.80. The maximum absolute atomic E-state index is 13.2. The van der Waals surface area contributed by atoms with Gasteiger partial charge < -0.3 is 4.90 Å². The van der Waals surface area contributed by atoms with Crippen LogP contribution in [0.5, 0.6) is 0 Å². The summed E-state index contributed by atoms with van der Waals surface area (Å²) in [5.74, 6) is 0.868. The van der Waals surface area contributed by atoms with Crippen LogP contribution in [-0.2, 0) is 0 Å². The van der Waals surface area contributed by atoms with Crippen molar-refractivity contribution >= 4 is 16.6 Å². The fourth-order valence-electron chi connectivity index (χ4n) is 2.99. The van der Waals surface area contributed by atoms with E-state index in [1.165, 1.54) is 0 Å². The number of nitrogens with zero attached hydrogens (tertiary/aromatic N) is 4. The molecule has 3 aromatic rings. The molecule has 1 aliphatic rings. The van der Waals surface area contributed by atoms with Gasteiger partial charge in [0.2, 0.25) is 0 Å². The summed E-state index contributed by atoms with van der Waals surface area (Å²) < 4.78 is 15.2. The number of anilines is 1. The minimum absolute atomic E-state index is 0.607. The maximum Gasteiger partial charge on any atom is 0.137 e. The monoisotopic (exact) mass is 296 g/mol. The third kappa shape index (κ3) is 2.32. The van der Waals surface area contributed by atoms with E-state index in [1.54, 1.807) is 6.20 Å². The lowest BCUT2D eigenvalue weighted by atomic mass is 10.1. The zero-order valence-corrected chi connectivity index (χ0v) is 12.2. The Balaban J connectivity index is 1.62. The number of piperidine rings is 1. The summed E-state index contributed by atoms with van der Waals surface area (Å²) in [4.78, 5) is 10.9. The first kappa shape index (κ1) is 13.2. The summed E-state index contributed by atoms with van der Waals surface area (Å²) in [5, 5.41) is 1.14. The number of hydrogen-bond acceptors (Lipinski definition) is 3. The van der Waals surface area contributed by atoms with Crippen LogP contribution in [0.25, 0.3) is 16.7 Å². The molecular weight excluding hydrogens is 279 g/mol. The van der Waals surface area contributed by atoms with Crippen LogP contribution in [-0.4, -0.2) is 33.8 Å². The minimum Gasteiger partial charge on any atom is -0.370 e. The SMILES string of the molecule is FC1CCN(c2ccc(-n3ccc4ccncc43)nc2)CC1.